The topological polar surface area (TPSA) is 60.1 Å². The van der Waals surface area contributed by atoms with Gasteiger partial charge in [0.25, 0.3) is 0 Å². The summed E-state index contributed by atoms with van der Waals surface area (Å²) in [5.74, 6) is 0. The van der Waals surface area contributed by atoms with Crippen LogP contribution in [0.3, 0.4) is 0 Å². The lowest BCUT2D eigenvalue weighted by molar-refractivity contribution is 0.285. The Morgan fingerprint density at radius 3 is 2.31 bits per heavy atom. The van der Waals surface area contributed by atoms with Gasteiger partial charge in [-0.25, -0.2) is 0 Å². The molecular formula is C57H84N6S. The Morgan fingerprint density at radius 1 is 0.969 bits per heavy atom. The molecular weight excluding hydrogens is 801 g/mol. The molecule has 6 rings (SSSR count). The molecule has 348 valence electrons. The van der Waals surface area contributed by atoms with E-state index in [-0.39, 0.29) is 11.1 Å². The molecule has 2 aromatic heterocycles. The second kappa shape index (κ2) is 25.5. The highest BCUT2D eigenvalue weighted by molar-refractivity contribution is 7.07. The first-order chi connectivity index (χ1) is 30.7. The van der Waals surface area contributed by atoms with Crippen molar-refractivity contribution in [3.63, 3.8) is 0 Å². The van der Waals surface area contributed by atoms with Gasteiger partial charge in [0.1, 0.15) is 0 Å². The van der Waals surface area contributed by atoms with Crippen LogP contribution in [0.2, 0.25) is 0 Å². The molecule has 0 aliphatic carbocycles. The second-order valence-electron chi connectivity index (χ2n) is 17.9. The summed E-state index contributed by atoms with van der Waals surface area (Å²) in [6, 6.07) is 20.1. The van der Waals surface area contributed by atoms with Crippen LogP contribution in [0.15, 0.2) is 106 Å². The highest BCUT2D eigenvalue weighted by Crippen LogP contribution is 2.38. The summed E-state index contributed by atoms with van der Waals surface area (Å²) in [7, 11) is 2.25. The lowest BCUT2D eigenvalue weighted by Gasteiger charge is -2.39. The van der Waals surface area contributed by atoms with Crippen LogP contribution in [0.4, 0.5) is 5.69 Å². The summed E-state index contributed by atoms with van der Waals surface area (Å²) < 4.78 is 2.45. The van der Waals surface area contributed by atoms with E-state index in [1.165, 1.54) is 68.6 Å². The number of nitrogens with zero attached hydrogens (tertiary/aromatic N) is 2. The molecule has 0 fully saturated rings. The van der Waals surface area contributed by atoms with Gasteiger partial charge < -0.3 is 25.8 Å². The number of aromatic nitrogens is 2. The smallest absolute Gasteiger partial charge is 0.0513 e. The van der Waals surface area contributed by atoms with Gasteiger partial charge in [-0.15, -0.1) is 13.2 Å². The number of H-pyrrole nitrogens is 1. The fraction of sp³-hybridized carbons (Fsp3) is 0.439. The maximum atomic E-state index is 4.41. The largest absolute Gasteiger partial charge is 0.385 e. The number of unbranched alkanes of at least 4 members (excludes halogenated alkanes) is 2. The fourth-order valence-electron chi connectivity index (χ4n) is 8.80. The van der Waals surface area contributed by atoms with E-state index in [1.54, 1.807) is 0 Å². The summed E-state index contributed by atoms with van der Waals surface area (Å²) in [4.78, 5) is 7.70. The van der Waals surface area contributed by atoms with Gasteiger partial charge in [0, 0.05) is 81.1 Å². The zero-order valence-corrected chi connectivity index (χ0v) is 42.7. The van der Waals surface area contributed by atoms with Crippen LogP contribution in [0, 0.1) is 6.92 Å². The molecule has 0 bridgehead atoms. The minimum atomic E-state index is -0.147. The maximum absolute atomic E-state index is 4.41. The third-order valence-corrected chi connectivity index (χ3v) is 12.9. The van der Waals surface area contributed by atoms with Gasteiger partial charge in [0.15, 0.2) is 0 Å². The Hall–Kier alpha value is -4.98. The van der Waals surface area contributed by atoms with Crippen LogP contribution in [0.1, 0.15) is 139 Å². The number of allylic oxidation sites excluding steroid dienone is 1. The van der Waals surface area contributed by atoms with E-state index in [9.17, 15) is 0 Å². The molecule has 6 nitrogen and oxygen atoms in total. The Balaban J connectivity index is 0.00000174. The number of aromatic amines is 1. The highest BCUT2D eigenvalue weighted by atomic mass is 32.1. The summed E-state index contributed by atoms with van der Waals surface area (Å²) in [5.41, 5.74) is 15.2. The highest BCUT2D eigenvalue weighted by Gasteiger charge is 2.32. The Kier molecular flexibility index (Phi) is 21.3. The average Bonchev–Trinajstić information content (AvgIpc) is 3.53. The second-order valence-corrected chi connectivity index (χ2v) is 19.0. The normalized spacial score (nSPS) is 12.2. The van der Waals surface area contributed by atoms with E-state index < -0.39 is 0 Å². The van der Waals surface area contributed by atoms with Crippen LogP contribution >= 0.6 is 11.5 Å². The van der Waals surface area contributed by atoms with E-state index in [1.807, 2.05) is 45.3 Å². The molecule has 0 unspecified atom stereocenters. The van der Waals surface area contributed by atoms with Gasteiger partial charge in [-0.05, 0) is 145 Å². The molecule has 3 aromatic carbocycles. The lowest BCUT2D eigenvalue weighted by Crippen LogP contribution is -2.41. The van der Waals surface area contributed by atoms with Crippen molar-refractivity contribution < 1.29 is 0 Å². The fourth-order valence-corrected chi connectivity index (χ4v) is 9.78. The molecule has 0 radical (unpaired) electrons. The summed E-state index contributed by atoms with van der Waals surface area (Å²) >= 11 is 1.93. The first-order valence-electron chi connectivity index (χ1n) is 23.9. The minimum Gasteiger partial charge on any atom is -0.385 e. The van der Waals surface area contributed by atoms with Crippen LogP contribution in [-0.2, 0) is 24.9 Å². The van der Waals surface area contributed by atoms with Gasteiger partial charge in [-0.1, -0.05) is 121 Å². The number of hydrogen-bond acceptors (Lipinski definition) is 5. The van der Waals surface area contributed by atoms with Crippen molar-refractivity contribution in [2.75, 3.05) is 32.0 Å². The van der Waals surface area contributed by atoms with Gasteiger partial charge >= 0.3 is 0 Å². The van der Waals surface area contributed by atoms with Crippen molar-refractivity contribution in [1.29, 1.82) is 0 Å². The number of anilines is 1. The Bertz CT molecular complexity index is 2250. The van der Waals surface area contributed by atoms with Crippen LogP contribution in [0.25, 0.3) is 39.5 Å². The molecule has 1 aliphatic rings. The molecule has 64 heavy (non-hydrogen) atoms. The van der Waals surface area contributed by atoms with Crippen LogP contribution in [-0.4, -0.2) is 46.1 Å². The predicted octanol–water partition coefficient (Wildman–Crippen LogP) is 15.4. The third-order valence-electron chi connectivity index (χ3n) is 11.6. The third kappa shape index (κ3) is 14.3. The zero-order chi connectivity index (χ0) is 47.6. The molecule has 5 aromatic rings. The molecule has 0 amide bonds. The van der Waals surface area contributed by atoms with Crippen LogP contribution in [0.5, 0.6) is 0 Å². The first kappa shape index (κ1) is 53.4. The van der Waals surface area contributed by atoms with Gasteiger partial charge in [-0.2, -0.15) is 0 Å². The number of nitrogens with one attached hydrogen (secondary N) is 4. The number of rotatable bonds is 21. The number of aryl methyl sites for hydroxylation is 2. The first-order valence-corrected chi connectivity index (χ1v) is 24.6. The van der Waals surface area contributed by atoms with Crippen LogP contribution < -0.4 is 16.0 Å². The summed E-state index contributed by atoms with van der Waals surface area (Å²) in [6.45, 7) is 48.4. The lowest BCUT2D eigenvalue weighted by atomic mass is 9.86. The Labute approximate surface area is 393 Å². The molecule has 4 N–H and O–H groups in total. The van der Waals surface area contributed by atoms with Gasteiger partial charge in [0.2, 0.25) is 0 Å². The zero-order valence-electron chi connectivity index (χ0n) is 41.9. The van der Waals surface area contributed by atoms with E-state index in [0.717, 1.165) is 85.5 Å². The average molecular weight is 885 g/mol. The van der Waals surface area contributed by atoms with Crippen molar-refractivity contribution in [3.05, 3.63) is 144 Å². The monoisotopic (exact) mass is 885 g/mol. The minimum absolute atomic E-state index is 0.0161. The SMILES string of the molecule is C=C.C=Cc1c(NC(C)(C)CC(C)(C)n2cc(CCCCN(C)Cc3ccc(-c4[nH]c5cc(C)cc6c5c4CCNC6=C)cc3)s2)cccc1C(=C)CNC(=C)CCCC.CC.CC. The number of hydrogen-bond donors (Lipinski definition) is 4. The molecule has 7 heteroatoms. The predicted molar refractivity (Wildman–Crippen MR) is 289 cm³/mol. The standard InChI is InChI=1S/C51H68N6S.2C2H6.C2H4/c1-12-14-18-37(5)53-31-36(4)43-20-17-21-46(42(43)13-2)55-50(7,8)34-51(9,10)57-33-41(58-57)19-15-16-28-56(11)32-39-22-24-40(25-23-39)49-44-26-27-52-38(6)45-29-35(3)30-47(54-49)48(44)45;3*1-2/h13,17,20-25,29-30,33,52-55H,2,4-6,12,14-16,18-19,26-28,31-32,34H2,1,3,7-11H3;2*1-2H3;1-2H2. The molecule has 0 saturated heterocycles. The maximum Gasteiger partial charge on any atom is 0.0513 e. The summed E-state index contributed by atoms with van der Waals surface area (Å²) in [5, 5.41) is 12.2. The van der Waals surface area contributed by atoms with Crippen molar-refractivity contribution in [2.45, 2.75) is 138 Å². The molecule has 1 aliphatic heterocycles. The van der Waals surface area contributed by atoms with Crippen molar-refractivity contribution >= 4 is 45.5 Å². The molecule has 0 saturated carbocycles. The molecule has 0 spiro atoms. The van der Waals surface area contributed by atoms with E-state index in [4.69, 9.17) is 0 Å². The van der Waals surface area contributed by atoms with Crippen molar-refractivity contribution in [2.24, 2.45) is 0 Å². The van der Waals surface area contributed by atoms with E-state index >= 15 is 0 Å². The summed E-state index contributed by atoms with van der Waals surface area (Å²) in [6.07, 6.45) is 13.1. The van der Waals surface area contributed by atoms with Gasteiger partial charge in [-0.3, -0.25) is 3.96 Å². The molecule has 3 heterocycles. The van der Waals surface area contributed by atoms with E-state index in [2.05, 4.69) is 179 Å². The number of benzene rings is 3. The van der Waals surface area contributed by atoms with Crippen molar-refractivity contribution in [1.82, 2.24) is 24.5 Å². The van der Waals surface area contributed by atoms with Gasteiger partial charge in [0.05, 0.1) is 5.54 Å². The van der Waals surface area contributed by atoms with Crippen molar-refractivity contribution in [3.8, 4) is 11.3 Å². The van der Waals surface area contributed by atoms with E-state index in [0.29, 0.717) is 6.54 Å². The Morgan fingerprint density at radius 2 is 1.66 bits per heavy atom. The quantitative estimate of drug-likeness (QED) is 0.0438. The molecule has 0 atom stereocenters.